The maximum Gasteiger partial charge on any atom is 0.251 e. The number of carbonyl (C=O) groups excluding carboxylic acids is 1. The number of rotatable bonds is 5. The number of hydrogen-bond donors (Lipinski definition) is 4. The highest BCUT2D eigenvalue weighted by Crippen LogP contribution is 2.34. The monoisotopic (exact) mass is 481 g/mol. The minimum Gasteiger partial charge on any atom is -0.365 e. The van der Waals surface area contributed by atoms with Crippen LogP contribution in [-0.4, -0.2) is 39.1 Å². The molecule has 0 saturated heterocycles. The van der Waals surface area contributed by atoms with Gasteiger partial charge in [0.15, 0.2) is 17.5 Å². The third kappa shape index (κ3) is 4.49. The van der Waals surface area contributed by atoms with Gasteiger partial charge in [-0.1, -0.05) is 42.6 Å². The second-order valence-corrected chi connectivity index (χ2v) is 9.00. The maximum absolute atomic E-state index is 14.8. The number of nitrogens with zero attached hydrogens (tertiary/aromatic N) is 3. The van der Waals surface area contributed by atoms with Crippen molar-refractivity contribution in [2.45, 2.75) is 43.9 Å². The van der Waals surface area contributed by atoms with Gasteiger partial charge in [-0.2, -0.15) is 0 Å². The molecule has 1 aromatic heterocycles. The summed E-state index contributed by atoms with van der Waals surface area (Å²) in [5, 5.41) is 11.5. The second-order valence-electron chi connectivity index (χ2n) is 8.56. The van der Waals surface area contributed by atoms with Gasteiger partial charge in [0.05, 0.1) is 11.2 Å². The van der Waals surface area contributed by atoms with Crippen molar-refractivity contribution in [2.24, 2.45) is 5.84 Å². The lowest BCUT2D eigenvalue weighted by atomic mass is 9.90. The molecular weight excluding hydrogens is 457 g/mol. The first-order valence-electron chi connectivity index (χ1n) is 11.2. The molecule has 0 spiro atoms. The number of halogens is 2. The third-order valence-electron chi connectivity index (χ3n) is 6.28. The quantitative estimate of drug-likeness (QED) is 0.485. The highest BCUT2D eigenvalue weighted by atomic mass is 35.5. The molecule has 5 N–H and O–H groups in total. The summed E-state index contributed by atoms with van der Waals surface area (Å²) in [5.74, 6) is 5.81. The van der Waals surface area contributed by atoms with Gasteiger partial charge in [-0.25, -0.2) is 20.2 Å². The summed E-state index contributed by atoms with van der Waals surface area (Å²) in [5.41, 5.74) is 2.06. The molecule has 0 radical (unpaired) electrons. The van der Waals surface area contributed by atoms with Gasteiger partial charge in [-0.05, 0) is 31.1 Å². The Balaban J connectivity index is 1.37. The number of allylic oxidation sites excluding steroid dienone is 2. The maximum atomic E-state index is 14.8. The van der Waals surface area contributed by atoms with Crippen molar-refractivity contribution in [3.63, 3.8) is 0 Å². The molecule has 1 amide bonds. The van der Waals surface area contributed by atoms with Gasteiger partial charge in [-0.3, -0.25) is 9.80 Å². The molecule has 2 aromatic rings. The van der Waals surface area contributed by atoms with Crippen LogP contribution in [0.4, 0.5) is 10.2 Å². The fourth-order valence-electron chi connectivity index (χ4n) is 4.57. The van der Waals surface area contributed by atoms with E-state index >= 15 is 0 Å². The number of dihydropyridines is 1. The van der Waals surface area contributed by atoms with E-state index in [4.69, 9.17) is 17.4 Å². The molecule has 8 nitrogen and oxygen atoms in total. The lowest BCUT2D eigenvalue weighted by Crippen LogP contribution is -2.48. The van der Waals surface area contributed by atoms with Crippen LogP contribution in [0.1, 0.15) is 41.9 Å². The highest BCUT2D eigenvalue weighted by molar-refractivity contribution is 6.31. The zero-order chi connectivity index (χ0) is 23.7. The number of hydrogen-bond acceptors (Lipinski definition) is 7. The number of anilines is 1. The summed E-state index contributed by atoms with van der Waals surface area (Å²) in [7, 11) is 0. The first-order valence-corrected chi connectivity index (χ1v) is 11.6. The largest absolute Gasteiger partial charge is 0.365 e. The average Bonchev–Trinajstić information content (AvgIpc) is 3.17. The van der Waals surface area contributed by atoms with E-state index in [-0.39, 0.29) is 30.0 Å². The molecule has 10 heteroatoms. The molecular formula is C24H25ClFN7O. The van der Waals surface area contributed by atoms with Gasteiger partial charge in [-0.15, -0.1) is 0 Å². The lowest BCUT2D eigenvalue weighted by molar-refractivity contribution is 0.0923. The molecule has 2 aliphatic heterocycles. The van der Waals surface area contributed by atoms with Gasteiger partial charge in [0.25, 0.3) is 5.91 Å². The summed E-state index contributed by atoms with van der Waals surface area (Å²) >= 11 is 6.16. The zero-order valence-electron chi connectivity index (χ0n) is 18.3. The Morgan fingerprint density at radius 2 is 1.97 bits per heavy atom. The number of benzene rings is 1. The summed E-state index contributed by atoms with van der Waals surface area (Å²) in [6.45, 7) is 0. The highest BCUT2D eigenvalue weighted by Gasteiger charge is 2.33. The Hall–Kier alpha value is -3.43. The fourth-order valence-corrected chi connectivity index (χ4v) is 4.75. The van der Waals surface area contributed by atoms with Gasteiger partial charge in [0, 0.05) is 41.2 Å². The number of carbonyl (C=O) groups is 1. The lowest BCUT2D eigenvalue weighted by Gasteiger charge is -2.33. The molecule has 1 aromatic carbocycles. The van der Waals surface area contributed by atoms with Gasteiger partial charge >= 0.3 is 0 Å². The van der Waals surface area contributed by atoms with Gasteiger partial charge in [0.2, 0.25) is 0 Å². The number of nitrogens with two attached hydrogens (primary N) is 1. The van der Waals surface area contributed by atoms with E-state index in [0.717, 1.165) is 37.5 Å². The fraction of sp³-hybridized carbons (Fsp3) is 0.292. The van der Waals surface area contributed by atoms with Crippen LogP contribution >= 0.6 is 11.6 Å². The molecule has 1 aliphatic carbocycles. The van der Waals surface area contributed by atoms with Crippen LogP contribution in [0.25, 0.3) is 5.57 Å². The molecule has 3 aliphatic rings. The Kier molecular flexibility index (Phi) is 6.21. The topological polar surface area (TPSA) is 108 Å². The predicted molar refractivity (Wildman–Crippen MR) is 129 cm³/mol. The van der Waals surface area contributed by atoms with Crippen molar-refractivity contribution in [1.29, 1.82) is 0 Å². The van der Waals surface area contributed by atoms with E-state index in [1.807, 2.05) is 18.2 Å². The average molecular weight is 482 g/mol. The molecule has 3 heterocycles. The number of aromatic nitrogens is 2. The third-order valence-corrected chi connectivity index (χ3v) is 6.50. The van der Waals surface area contributed by atoms with Crippen LogP contribution in [0.5, 0.6) is 0 Å². The summed E-state index contributed by atoms with van der Waals surface area (Å²) < 4.78 is 14.8. The van der Waals surface area contributed by atoms with Crippen LogP contribution in [-0.2, 0) is 0 Å². The van der Waals surface area contributed by atoms with E-state index < -0.39 is 5.82 Å². The van der Waals surface area contributed by atoms with Crippen molar-refractivity contribution in [3.05, 3.63) is 82.8 Å². The first-order chi connectivity index (χ1) is 16.5. The smallest absolute Gasteiger partial charge is 0.251 e. The van der Waals surface area contributed by atoms with E-state index in [1.54, 1.807) is 30.6 Å². The zero-order valence-corrected chi connectivity index (χ0v) is 19.1. The van der Waals surface area contributed by atoms with Crippen LogP contribution < -0.4 is 21.8 Å². The van der Waals surface area contributed by atoms with Crippen molar-refractivity contribution in [2.75, 3.05) is 5.32 Å². The predicted octanol–water partition coefficient (Wildman–Crippen LogP) is 3.23. The SMILES string of the molecule is NN1C=C(c2ncc(F)c(N[C@H]3CCCC[C@@H]3NC(=O)c3ccccc3)n2)C2=CC(Cl)=CNC21. The molecule has 0 bridgehead atoms. The summed E-state index contributed by atoms with van der Waals surface area (Å²) in [6, 6.07) is 8.76. The summed E-state index contributed by atoms with van der Waals surface area (Å²) in [6.07, 6.45) is 9.57. The molecule has 3 atom stereocenters. The normalized spacial score (nSPS) is 23.8. The van der Waals surface area contributed by atoms with Crippen LogP contribution in [0.2, 0.25) is 0 Å². The number of fused-ring (bicyclic) bond motifs is 1. The van der Waals surface area contributed by atoms with E-state index in [2.05, 4.69) is 25.9 Å². The van der Waals surface area contributed by atoms with E-state index in [1.165, 1.54) is 5.01 Å². The molecule has 5 rings (SSSR count). The Bertz CT molecular complexity index is 1180. The van der Waals surface area contributed by atoms with E-state index in [0.29, 0.717) is 22.0 Å². The Morgan fingerprint density at radius 1 is 1.21 bits per heavy atom. The van der Waals surface area contributed by atoms with Crippen LogP contribution in [0.15, 0.2) is 65.6 Å². The van der Waals surface area contributed by atoms with Crippen molar-refractivity contribution in [1.82, 2.24) is 25.6 Å². The second kappa shape index (κ2) is 9.44. The molecule has 176 valence electrons. The van der Waals surface area contributed by atoms with Crippen molar-refractivity contribution < 1.29 is 9.18 Å². The van der Waals surface area contributed by atoms with Crippen molar-refractivity contribution in [3.8, 4) is 0 Å². The number of hydrazine groups is 1. The Morgan fingerprint density at radius 3 is 2.76 bits per heavy atom. The minimum absolute atomic E-state index is 0.0924. The standard InChI is InChI=1S/C24H25ClFN7O/c25-15-10-16-17(13-33(27)23(16)29-11-15)21-28-12-18(26)22(32-21)30-19-8-4-5-9-20(19)31-24(34)14-6-2-1-3-7-14/h1-3,6-7,10-13,19-20,23,29H,4-5,8-9,27H2,(H,31,34)(H,28,30,32)/t19-,20-,23?/m0/s1. The van der Waals surface area contributed by atoms with Gasteiger partial charge < -0.3 is 16.0 Å². The molecule has 1 unspecified atom stereocenters. The molecule has 1 fully saturated rings. The molecule has 1 saturated carbocycles. The Labute approximate surface area is 201 Å². The number of nitrogens with one attached hydrogen (secondary N) is 3. The first kappa shape index (κ1) is 22.4. The van der Waals surface area contributed by atoms with Crippen molar-refractivity contribution >= 4 is 28.9 Å². The van der Waals surface area contributed by atoms with Gasteiger partial charge in [0.1, 0.15) is 6.17 Å². The van der Waals surface area contributed by atoms with Crippen LogP contribution in [0, 0.1) is 5.82 Å². The number of amides is 1. The van der Waals surface area contributed by atoms with E-state index in [9.17, 15) is 9.18 Å². The van der Waals surface area contributed by atoms with Crippen LogP contribution in [0.3, 0.4) is 0 Å². The molecule has 34 heavy (non-hydrogen) atoms. The summed E-state index contributed by atoms with van der Waals surface area (Å²) in [4.78, 5) is 21.4. The minimum atomic E-state index is -0.559.